The second kappa shape index (κ2) is 5.78. The van der Waals surface area contributed by atoms with Crippen molar-refractivity contribution in [2.75, 3.05) is 0 Å². The Morgan fingerprint density at radius 1 is 1.38 bits per heavy atom. The average Bonchev–Trinajstić information content (AvgIpc) is 2.20. The molecule has 0 saturated carbocycles. The summed E-state index contributed by atoms with van der Waals surface area (Å²) < 4.78 is 0. The summed E-state index contributed by atoms with van der Waals surface area (Å²) in [6.45, 7) is 4.00. The fraction of sp³-hybridized carbons (Fsp3) is 0.200. The SMILES string of the molecule is CC.N#Cc1ccccc1C(=O)O. The van der Waals surface area contributed by atoms with Gasteiger partial charge in [0.25, 0.3) is 0 Å². The monoisotopic (exact) mass is 177 g/mol. The number of carboxylic acids is 1. The van der Waals surface area contributed by atoms with Crippen LogP contribution in [0.3, 0.4) is 0 Å². The number of carbonyl (C=O) groups is 1. The highest BCUT2D eigenvalue weighted by Crippen LogP contribution is 2.05. The van der Waals surface area contributed by atoms with Crippen molar-refractivity contribution in [1.82, 2.24) is 0 Å². The number of nitriles is 1. The van der Waals surface area contributed by atoms with Gasteiger partial charge < -0.3 is 5.11 Å². The van der Waals surface area contributed by atoms with Gasteiger partial charge in [-0.05, 0) is 12.1 Å². The Labute approximate surface area is 77.2 Å². The van der Waals surface area contributed by atoms with E-state index in [4.69, 9.17) is 10.4 Å². The van der Waals surface area contributed by atoms with Gasteiger partial charge in [-0.2, -0.15) is 5.26 Å². The molecule has 1 rings (SSSR count). The van der Waals surface area contributed by atoms with Gasteiger partial charge in [-0.15, -0.1) is 0 Å². The van der Waals surface area contributed by atoms with Gasteiger partial charge in [-0.3, -0.25) is 0 Å². The predicted molar refractivity (Wildman–Crippen MR) is 49.5 cm³/mol. The molecule has 0 radical (unpaired) electrons. The molecule has 1 aromatic carbocycles. The van der Waals surface area contributed by atoms with Crippen LogP contribution in [0.1, 0.15) is 29.8 Å². The summed E-state index contributed by atoms with van der Waals surface area (Å²) >= 11 is 0. The van der Waals surface area contributed by atoms with Crippen molar-refractivity contribution >= 4 is 5.97 Å². The van der Waals surface area contributed by atoms with Crippen LogP contribution < -0.4 is 0 Å². The van der Waals surface area contributed by atoms with Crippen LogP contribution in [0, 0.1) is 11.3 Å². The van der Waals surface area contributed by atoms with E-state index in [2.05, 4.69) is 0 Å². The predicted octanol–water partition coefficient (Wildman–Crippen LogP) is 2.28. The summed E-state index contributed by atoms with van der Waals surface area (Å²) in [7, 11) is 0. The molecular formula is C10H11NO2. The zero-order chi connectivity index (χ0) is 10.3. The molecule has 0 aliphatic heterocycles. The molecule has 1 aromatic rings. The minimum Gasteiger partial charge on any atom is -0.478 e. The fourth-order valence-electron chi connectivity index (χ4n) is 0.767. The lowest BCUT2D eigenvalue weighted by Gasteiger charge is -1.94. The molecule has 0 heterocycles. The molecule has 0 aliphatic carbocycles. The molecular weight excluding hydrogens is 166 g/mol. The Kier molecular flexibility index (Phi) is 4.97. The quantitative estimate of drug-likeness (QED) is 0.715. The third kappa shape index (κ3) is 2.96. The van der Waals surface area contributed by atoms with E-state index < -0.39 is 5.97 Å². The lowest BCUT2D eigenvalue weighted by molar-refractivity contribution is 0.0696. The zero-order valence-electron chi connectivity index (χ0n) is 7.61. The van der Waals surface area contributed by atoms with E-state index in [-0.39, 0.29) is 11.1 Å². The van der Waals surface area contributed by atoms with Crippen LogP contribution in [-0.4, -0.2) is 11.1 Å². The topological polar surface area (TPSA) is 61.1 Å². The zero-order valence-corrected chi connectivity index (χ0v) is 7.61. The van der Waals surface area contributed by atoms with Crippen molar-refractivity contribution < 1.29 is 9.90 Å². The minimum atomic E-state index is -1.07. The van der Waals surface area contributed by atoms with Crippen LogP contribution in [0.25, 0.3) is 0 Å². The molecule has 0 unspecified atom stereocenters. The lowest BCUT2D eigenvalue weighted by atomic mass is 10.1. The molecule has 0 bridgehead atoms. The number of rotatable bonds is 1. The smallest absolute Gasteiger partial charge is 0.337 e. The van der Waals surface area contributed by atoms with E-state index in [9.17, 15) is 4.79 Å². The second-order valence-electron chi connectivity index (χ2n) is 1.96. The van der Waals surface area contributed by atoms with E-state index in [1.165, 1.54) is 12.1 Å². The van der Waals surface area contributed by atoms with Crippen molar-refractivity contribution in [3.8, 4) is 6.07 Å². The first-order valence-electron chi connectivity index (χ1n) is 3.98. The summed E-state index contributed by atoms with van der Waals surface area (Å²) in [5, 5.41) is 17.0. The highest BCUT2D eigenvalue weighted by atomic mass is 16.4. The molecule has 0 fully saturated rings. The van der Waals surface area contributed by atoms with Crippen LogP contribution in [-0.2, 0) is 0 Å². The Morgan fingerprint density at radius 2 is 1.92 bits per heavy atom. The van der Waals surface area contributed by atoms with Crippen molar-refractivity contribution in [1.29, 1.82) is 5.26 Å². The lowest BCUT2D eigenvalue weighted by Crippen LogP contribution is -1.98. The average molecular weight is 177 g/mol. The van der Waals surface area contributed by atoms with Gasteiger partial charge in [-0.25, -0.2) is 4.79 Å². The summed E-state index contributed by atoms with van der Waals surface area (Å²) in [5.74, 6) is -1.07. The maximum atomic E-state index is 10.4. The van der Waals surface area contributed by atoms with Crippen molar-refractivity contribution in [2.24, 2.45) is 0 Å². The number of hydrogen-bond donors (Lipinski definition) is 1. The second-order valence-corrected chi connectivity index (χ2v) is 1.96. The molecule has 3 nitrogen and oxygen atoms in total. The fourth-order valence-corrected chi connectivity index (χ4v) is 0.767. The highest BCUT2D eigenvalue weighted by molar-refractivity contribution is 5.90. The molecule has 0 amide bonds. The molecule has 0 atom stereocenters. The van der Waals surface area contributed by atoms with Gasteiger partial charge in [-0.1, -0.05) is 26.0 Å². The number of carboxylic acid groups (broad SMARTS) is 1. The third-order valence-electron chi connectivity index (χ3n) is 1.28. The highest BCUT2D eigenvalue weighted by Gasteiger charge is 2.06. The van der Waals surface area contributed by atoms with Gasteiger partial charge >= 0.3 is 5.97 Å². The Balaban J connectivity index is 0.000000671. The molecule has 68 valence electrons. The maximum Gasteiger partial charge on any atom is 0.337 e. The molecule has 13 heavy (non-hydrogen) atoms. The summed E-state index contributed by atoms with van der Waals surface area (Å²) in [4.78, 5) is 10.4. The third-order valence-corrected chi connectivity index (χ3v) is 1.28. The van der Waals surface area contributed by atoms with E-state index in [0.29, 0.717) is 0 Å². The van der Waals surface area contributed by atoms with Crippen LogP contribution in [0.15, 0.2) is 24.3 Å². The Bertz CT molecular complexity index is 326. The molecule has 0 saturated heterocycles. The number of nitrogens with zero attached hydrogens (tertiary/aromatic N) is 1. The van der Waals surface area contributed by atoms with E-state index in [0.717, 1.165) is 0 Å². The minimum absolute atomic E-state index is 0.0509. The van der Waals surface area contributed by atoms with Gasteiger partial charge in [0.15, 0.2) is 0 Å². The molecule has 1 N–H and O–H groups in total. The Morgan fingerprint density at radius 3 is 2.31 bits per heavy atom. The van der Waals surface area contributed by atoms with Crippen LogP contribution in [0.2, 0.25) is 0 Å². The van der Waals surface area contributed by atoms with Crippen LogP contribution in [0.4, 0.5) is 0 Å². The van der Waals surface area contributed by atoms with Crippen molar-refractivity contribution in [3.05, 3.63) is 35.4 Å². The van der Waals surface area contributed by atoms with E-state index in [1.807, 2.05) is 13.8 Å². The molecule has 3 heteroatoms. The normalized spacial score (nSPS) is 7.77. The summed E-state index contributed by atoms with van der Waals surface area (Å²) in [6.07, 6.45) is 0. The van der Waals surface area contributed by atoms with Crippen LogP contribution in [0.5, 0.6) is 0 Å². The first-order chi connectivity index (χ1) is 6.25. The first kappa shape index (κ1) is 11.2. The standard InChI is InChI=1S/C8H5NO2.C2H6/c9-5-6-3-1-2-4-7(6)8(10)11;1-2/h1-4H,(H,10,11);1-2H3. The largest absolute Gasteiger partial charge is 0.478 e. The summed E-state index contributed by atoms with van der Waals surface area (Å²) in [5.41, 5.74) is 0.245. The van der Waals surface area contributed by atoms with Gasteiger partial charge in [0, 0.05) is 0 Å². The number of benzene rings is 1. The summed E-state index contributed by atoms with van der Waals surface area (Å²) in [6, 6.07) is 7.89. The molecule has 0 aromatic heterocycles. The number of aromatic carboxylic acids is 1. The van der Waals surface area contributed by atoms with Crippen molar-refractivity contribution in [3.63, 3.8) is 0 Å². The van der Waals surface area contributed by atoms with Gasteiger partial charge in [0.2, 0.25) is 0 Å². The number of hydrogen-bond acceptors (Lipinski definition) is 2. The van der Waals surface area contributed by atoms with Gasteiger partial charge in [0.05, 0.1) is 11.1 Å². The Hall–Kier alpha value is -1.82. The van der Waals surface area contributed by atoms with Gasteiger partial charge in [0.1, 0.15) is 6.07 Å². The van der Waals surface area contributed by atoms with Crippen LogP contribution >= 0.6 is 0 Å². The maximum absolute atomic E-state index is 10.4. The molecule has 0 spiro atoms. The van der Waals surface area contributed by atoms with E-state index in [1.54, 1.807) is 18.2 Å². The van der Waals surface area contributed by atoms with E-state index >= 15 is 0 Å². The van der Waals surface area contributed by atoms with Crippen molar-refractivity contribution in [2.45, 2.75) is 13.8 Å². The first-order valence-corrected chi connectivity index (χ1v) is 3.98. The molecule has 0 aliphatic rings.